The fourth-order valence-electron chi connectivity index (χ4n) is 6.49. The molecule has 0 aliphatic heterocycles. The summed E-state index contributed by atoms with van der Waals surface area (Å²) in [6.07, 6.45) is 0. The van der Waals surface area contributed by atoms with Crippen molar-refractivity contribution in [2.45, 2.75) is 0 Å². The lowest BCUT2D eigenvalue weighted by atomic mass is 10.0. The average Bonchev–Trinajstić information content (AvgIpc) is 3.65. The summed E-state index contributed by atoms with van der Waals surface area (Å²) < 4.78 is 9.19. The first-order chi connectivity index (χ1) is 21.3. The number of rotatable bonds is 4. The molecule has 0 bridgehead atoms. The Morgan fingerprint density at radius 3 is 2.14 bits per heavy atom. The summed E-state index contributed by atoms with van der Waals surface area (Å²) in [4.78, 5) is 2.43. The van der Waals surface area contributed by atoms with E-state index in [0.29, 0.717) is 0 Å². The minimum Gasteiger partial charge on any atom is -0.455 e. The van der Waals surface area contributed by atoms with Gasteiger partial charge >= 0.3 is 0 Å². The van der Waals surface area contributed by atoms with Crippen LogP contribution in [0.1, 0.15) is 0 Å². The number of benzene rings is 7. The van der Waals surface area contributed by atoms with Crippen molar-refractivity contribution in [1.82, 2.24) is 0 Å². The van der Waals surface area contributed by atoms with Gasteiger partial charge in [0.2, 0.25) is 0 Å². The zero-order chi connectivity index (χ0) is 28.3. The van der Waals surface area contributed by atoms with Gasteiger partial charge in [-0.25, -0.2) is 0 Å². The highest BCUT2D eigenvalue weighted by Gasteiger charge is 2.23. The molecule has 9 aromatic rings. The summed E-state index contributed by atoms with van der Waals surface area (Å²) in [6.45, 7) is 0. The second-order valence-electron chi connectivity index (χ2n) is 10.9. The first kappa shape index (κ1) is 24.2. The first-order valence-electron chi connectivity index (χ1n) is 14.5. The lowest BCUT2D eigenvalue weighted by molar-refractivity contribution is 0.672. The Balaban J connectivity index is 1.38. The molecule has 0 saturated heterocycles. The number of hydrogen-bond donors (Lipinski definition) is 0. The van der Waals surface area contributed by atoms with Crippen molar-refractivity contribution in [2.24, 2.45) is 0 Å². The minimum absolute atomic E-state index is 0.886. The molecule has 0 fully saturated rings. The van der Waals surface area contributed by atoms with Crippen molar-refractivity contribution in [3.63, 3.8) is 0 Å². The second-order valence-corrected chi connectivity index (χ2v) is 12.0. The van der Waals surface area contributed by atoms with Crippen LogP contribution in [0.25, 0.3) is 64.0 Å². The molecule has 0 amide bonds. The predicted molar refractivity (Wildman–Crippen MR) is 184 cm³/mol. The summed E-state index contributed by atoms with van der Waals surface area (Å²) in [5.74, 6) is 0. The van der Waals surface area contributed by atoms with E-state index in [-0.39, 0.29) is 0 Å². The third kappa shape index (κ3) is 3.79. The number of fused-ring (bicyclic) bond motifs is 8. The minimum atomic E-state index is 0.886. The molecule has 2 nitrogen and oxygen atoms in total. The van der Waals surface area contributed by atoms with E-state index in [1.165, 1.54) is 36.7 Å². The highest BCUT2D eigenvalue weighted by Crippen LogP contribution is 2.48. The van der Waals surface area contributed by atoms with Crippen molar-refractivity contribution in [3.05, 3.63) is 152 Å². The van der Waals surface area contributed by atoms with E-state index in [1.54, 1.807) is 0 Å². The Morgan fingerprint density at radius 1 is 0.488 bits per heavy atom. The lowest BCUT2D eigenvalue weighted by Gasteiger charge is -2.27. The summed E-state index contributed by atoms with van der Waals surface area (Å²) in [7, 11) is 0. The van der Waals surface area contributed by atoms with Crippen LogP contribution < -0.4 is 4.90 Å². The number of hydrogen-bond acceptors (Lipinski definition) is 3. The molecule has 0 atom stereocenters. The standard InChI is InChI=1S/C40H25NOS/c1-2-11-26(12-3-1)28-14-8-15-29(25-28)41(35-20-9-18-32-31-17-6-7-22-37(31)43-40(32)35)34-19-10-21-36-38(34)33-24-23-27-13-4-5-16-30(27)39(33)42-36/h1-25H. The zero-order valence-corrected chi connectivity index (χ0v) is 24.0. The van der Waals surface area contributed by atoms with Gasteiger partial charge in [-0.3, -0.25) is 0 Å². The maximum absolute atomic E-state index is 6.63. The summed E-state index contributed by atoms with van der Waals surface area (Å²) >= 11 is 1.85. The molecular weight excluding hydrogens is 543 g/mol. The van der Waals surface area contributed by atoms with Crippen LogP contribution in [0.15, 0.2) is 156 Å². The molecule has 0 unspecified atom stereocenters. The van der Waals surface area contributed by atoms with E-state index in [4.69, 9.17) is 4.42 Å². The summed E-state index contributed by atoms with van der Waals surface area (Å²) in [5, 5.41) is 7.12. The SMILES string of the molecule is c1ccc(-c2cccc(N(c3cccc4c3sc3ccccc34)c3cccc4oc5c6ccccc6ccc5c34)c2)cc1. The van der Waals surface area contributed by atoms with Gasteiger partial charge in [0, 0.05) is 31.9 Å². The van der Waals surface area contributed by atoms with Gasteiger partial charge in [-0.2, -0.15) is 0 Å². The van der Waals surface area contributed by atoms with Crippen LogP contribution in [0, 0.1) is 0 Å². The fourth-order valence-corrected chi connectivity index (χ4v) is 7.70. The normalized spacial score (nSPS) is 11.7. The molecule has 202 valence electrons. The summed E-state index contributed by atoms with van der Waals surface area (Å²) in [6, 6.07) is 54.2. The summed E-state index contributed by atoms with van der Waals surface area (Å²) in [5.41, 5.74) is 7.56. The van der Waals surface area contributed by atoms with Gasteiger partial charge in [-0.1, -0.05) is 109 Å². The fraction of sp³-hybridized carbons (Fsp3) is 0. The monoisotopic (exact) mass is 567 g/mol. The van der Waals surface area contributed by atoms with Gasteiger partial charge < -0.3 is 9.32 Å². The molecule has 0 aliphatic carbocycles. The van der Waals surface area contributed by atoms with E-state index in [2.05, 4.69) is 157 Å². The van der Waals surface area contributed by atoms with Crippen molar-refractivity contribution < 1.29 is 4.42 Å². The molecule has 9 rings (SSSR count). The number of furan rings is 1. The number of thiophene rings is 1. The van der Waals surface area contributed by atoms with Crippen LogP contribution >= 0.6 is 11.3 Å². The zero-order valence-electron chi connectivity index (χ0n) is 23.2. The smallest absolute Gasteiger partial charge is 0.143 e. The highest BCUT2D eigenvalue weighted by atomic mass is 32.1. The molecule has 0 aliphatic rings. The number of nitrogens with zero attached hydrogens (tertiary/aromatic N) is 1. The van der Waals surface area contributed by atoms with Crippen LogP contribution in [0.2, 0.25) is 0 Å². The molecule has 2 heterocycles. The molecule has 0 radical (unpaired) electrons. The first-order valence-corrected chi connectivity index (χ1v) is 15.3. The average molecular weight is 568 g/mol. The third-order valence-electron chi connectivity index (χ3n) is 8.44. The van der Waals surface area contributed by atoms with Gasteiger partial charge in [0.1, 0.15) is 11.2 Å². The quantitative estimate of drug-likeness (QED) is 0.210. The van der Waals surface area contributed by atoms with Gasteiger partial charge in [0.05, 0.1) is 21.5 Å². The van der Waals surface area contributed by atoms with Crippen LogP contribution in [-0.2, 0) is 0 Å². The van der Waals surface area contributed by atoms with E-state index >= 15 is 0 Å². The molecule has 2 aromatic heterocycles. The van der Waals surface area contributed by atoms with E-state index < -0.39 is 0 Å². The predicted octanol–water partition coefficient (Wildman–Crippen LogP) is 12.2. The van der Waals surface area contributed by atoms with Crippen LogP contribution in [-0.4, -0.2) is 0 Å². The van der Waals surface area contributed by atoms with Gasteiger partial charge in [0.15, 0.2) is 0 Å². The van der Waals surface area contributed by atoms with Crippen LogP contribution in [0.3, 0.4) is 0 Å². The maximum atomic E-state index is 6.63. The molecular formula is C40H25NOS. The second kappa shape index (κ2) is 9.59. The molecule has 0 N–H and O–H groups in total. The van der Waals surface area contributed by atoms with Crippen LogP contribution in [0.4, 0.5) is 17.1 Å². The number of anilines is 3. The molecule has 0 saturated carbocycles. The lowest BCUT2D eigenvalue weighted by Crippen LogP contribution is -2.10. The largest absolute Gasteiger partial charge is 0.455 e. The Morgan fingerprint density at radius 2 is 1.21 bits per heavy atom. The molecule has 43 heavy (non-hydrogen) atoms. The molecule has 7 aromatic carbocycles. The van der Waals surface area contributed by atoms with E-state index in [1.807, 2.05) is 11.3 Å². The van der Waals surface area contributed by atoms with Crippen LogP contribution in [0.5, 0.6) is 0 Å². The van der Waals surface area contributed by atoms with Gasteiger partial charge in [-0.15, -0.1) is 11.3 Å². The Hall–Kier alpha value is -5.38. The molecule has 3 heteroatoms. The van der Waals surface area contributed by atoms with E-state index in [9.17, 15) is 0 Å². The Labute approximate surface area is 252 Å². The van der Waals surface area contributed by atoms with Gasteiger partial charge in [-0.05, 0) is 59.0 Å². The van der Waals surface area contributed by atoms with Crippen molar-refractivity contribution in [1.29, 1.82) is 0 Å². The Bertz CT molecular complexity index is 2470. The highest BCUT2D eigenvalue weighted by molar-refractivity contribution is 7.26. The topological polar surface area (TPSA) is 16.4 Å². The van der Waals surface area contributed by atoms with Crippen molar-refractivity contribution in [3.8, 4) is 11.1 Å². The third-order valence-corrected chi connectivity index (χ3v) is 9.65. The maximum Gasteiger partial charge on any atom is 0.143 e. The van der Waals surface area contributed by atoms with Crippen molar-refractivity contribution in [2.75, 3.05) is 4.90 Å². The van der Waals surface area contributed by atoms with E-state index in [0.717, 1.165) is 44.4 Å². The van der Waals surface area contributed by atoms with Gasteiger partial charge in [0.25, 0.3) is 0 Å². The molecule has 0 spiro atoms. The Kier molecular flexibility index (Phi) is 5.40. The van der Waals surface area contributed by atoms with Crippen molar-refractivity contribution >= 4 is 81.3 Å².